The summed E-state index contributed by atoms with van der Waals surface area (Å²) in [5.74, 6) is -1.27. The molecule has 5 heteroatoms. The molecule has 0 radical (unpaired) electrons. The quantitative estimate of drug-likeness (QED) is 0.810. The van der Waals surface area contributed by atoms with Crippen molar-refractivity contribution >= 4 is 12.1 Å². The summed E-state index contributed by atoms with van der Waals surface area (Å²) in [7, 11) is 0. The minimum absolute atomic E-state index is 0.168. The van der Waals surface area contributed by atoms with Crippen LogP contribution >= 0.6 is 0 Å². The van der Waals surface area contributed by atoms with Crippen molar-refractivity contribution in [3.8, 4) is 0 Å². The second-order valence-electron chi connectivity index (χ2n) is 5.57. The van der Waals surface area contributed by atoms with Crippen LogP contribution in [0.5, 0.6) is 0 Å². The van der Waals surface area contributed by atoms with Gasteiger partial charge in [0.2, 0.25) is 0 Å². The fourth-order valence-corrected chi connectivity index (χ4v) is 2.08. The molecule has 0 bridgehead atoms. The molecule has 2 N–H and O–H groups in total. The van der Waals surface area contributed by atoms with E-state index in [9.17, 15) is 14.7 Å². The van der Waals surface area contributed by atoms with E-state index < -0.39 is 24.0 Å². The van der Waals surface area contributed by atoms with Gasteiger partial charge in [-0.25, -0.2) is 4.79 Å². The molecular weight excluding hydrogens is 270 g/mol. The number of ether oxygens (including phenoxy) is 1. The van der Waals surface area contributed by atoms with Crippen molar-refractivity contribution in [3.05, 3.63) is 35.9 Å². The number of nitrogens with one attached hydrogen (secondary N) is 1. The van der Waals surface area contributed by atoms with Gasteiger partial charge in [-0.05, 0) is 24.8 Å². The van der Waals surface area contributed by atoms with E-state index in [1.807, 2.05) is 44.2 Å². The number of alkyl carbamates (subject to hydrolysis) is 1. The summed E-state index contributed by atoms with van der Waals surface area (Å²) >= 11 is 0. The van der Waals surface area contributed by atoms with Crippen LogP contribution < -0.4 is 5.32 Å². The summed E-state index contributed by atoms with van der Waals surface area (Å²) in [4.78, 5) is 23.0. The molecule has 0 unspecified atom stereocenters. The molecule has 0 aliphatic rings. The third-order valence-corrected chi connectivity index (χ3v) is 3.20. The van der Waals surface area contributed by atoms with Gasteiger partial charge in [-0.15, -0.1) is 0 Å². The van der Waals surface area contributed by atoms with Crippen LogP contribution in [0.15, 0.2) is 30.3 Å². The zero-order chi connectivity index (χ0) is 15.8. The van der Waals surface area contributed by atoms with E-state index in [1.165, 1.54) is 0 Å². The molecule has 1 aromatic carbocycles. The highest BCUT2D eigenvalue weighted by Gasteiger charge is 2.27. The van der Waals surface area contributed by atoms with Gasteiger partial charge in [-0.1, -0.05) is 44.2 Å². The van der Waals surface area contributed by atoms with Crippen molar-refractivity contribution in [3.63, 3.8) is 0 Å². The molecule has 0 spiro atoms. The van der Waals surface area contributed by atoms with Gasteiger partial charge < -0.3 is 15.2 Å². The molecule has 0 aliphatic carbocycles. The first-order chi connectivity index (χ1) is 9.90. The number of carbonyl (C=O) groups excluding carboxylic acids is 1. The lowest BCUT2D eigenvalue weighted by atomic mass is 9.91. The fourth-order valence-electron chi connectivity index (χ4n) is 2.08. The topological polar surface area (TPSA) is 75.6 Å². The number of aliphatic carboxylic acids is 1. The molecular formula is C16H23NO4. The molecule has 0 saturated carbocycles. The van der Waals surface area contributed by atoms with Crippen LogP contribution in [-0.4, -0.2) is 23.2 Å². The molecule has 116 valence electrons. The summed E-state index contributed by atoms with van der Waals surface area (Å²) in [6, 6.07) is 8.85. The maximum Gasteiger partial charge on any atom is 0.407 e. The molecule has 5 nitrogen and oxygen atoms in total. The highest BCUT2D eigenvalue weighted by atomic mass is 16.5. The number of benzene rings is 1. The first-order valence-corrected chi connectivity index (χ1v) is 7.10. The molecule has 0 fully saturated rings. The Hall–Kier alpha value is -2.04. The Balaban J connectivity index is 2.46. The predicted molar refractivity (Wildman–Crippen MR) is 79.8 cm³/mol. The normalized spacial score (nSPS) is 13.5. The van der Waals surface area contributed by atoms with Crippen LogP contribution in [0.3, 0.4) is 0 Å². The first kappa shape index (κ1) is 17.0. The van der Waals surface area contributed by atoms with Crippen LogP contribution in [0.2, 0.25) is 0 Å². The average molecular weight is 293 g/mol. The lowest BCUT2D eigenvalue weighted by molar-refractivity contribution is -0.143. The lowest BCUT2D eigenvalue weighted by Crippen LogP contribution is -2.42. The summed E-state index contributed by atoms with van der Waals surface area (Å²) in [5, 5.41) is 11.8. The van der Waals surface area contributed by atoms with Gasteiger partial charge in [0.25, 0.3) is 0 Å². The summed E-state index contributed by atoms with van der Waals surface area (Å²) in [6.07, 6.45) is -0.0866. The van der Waals surface area contributed by atoms with Crippen LogP contribution in [0.25, 0.3) is 0 Å². The van der Waals surface area contributed by atoms with Crippen LogP contribution in [0.4, 0.5) is 4.79 Å². The average Bonchev–Trinajstić information content (AvgIpc) is 2.43. The van der Waals surface area contributed by atoms with Gasteiger partial charge in [0.1, 0.15) is 6.61 Å². The van der Waals surface area contributed by atoms with Crippen molar-refractivity contribution < 1.29 is 19.4 Å². The summed E-state index contributed by atoms with van der Waals surface area (Å²) in [5.41, 5.74) is 0.886. The monoisotopic (exact) mass is 293 g/mol. The number of hydrogen-bond acceptors (Lipinski definition) is 3. The fraction of sp³-hybridized carbons (Fsp3) is 0.500. The number of carboxylic acid groups (broad SMARTS) is 1. The molecule has 1 rings (SSSR count). The molecule has 21 heavy (non-hydrogen) atoms. The van der Waals surface area contributed by atoms with Crippen LogP contribution in [-0.2, 0) is 16.1 Å². The van der Waals surface area contributed by atoms with Gasteiger partial charge in [0.15, 0.2) is 0 Å². The number of carboxylic acids is 1. The summed E-state index contributed by atoms with van der Waals surface area (Å²) < 4.78 is 5.09. The minimum Gasteiger partial charge on any atom is -0.481 e. The van der Waals surface area contributed by atoms with Gasteiger partial charge in [0, 0.05) is 6.04 Å². The van der Waals surface area contributed by atoms with Gasteiger partial charge in [-0.3, -0.25) is 4.79 Å². The van der Waals surface area contributed by atoms with Crippen molar-refractivity contribution in [2.24, 2.45) is 11.8 Å². The predicted octanol–water partition coefficient (Wildman–Crippen LogP) is 3.05. The molecule has 1 amide bonds. The van der Waals surface area contributed by atoms with Gasteiger partial charge in [0.05, 0.1) is 5.92 Å². The maximum absolute atomic E-state index is 11.7. The highest BCUT2D eigenvalue weighted by molar-refractivity contribution is 5.73. The molecule has 1 aromatic rings. The number of hydrogen-bond donors (Lipinski definition) is 2. The van der Waals surface area contributed by atoms with E-state index in [4.69, 9.17) is 4.74 Å². The van der Waals surface area contributed by atoms with Crippen molar-refractivity contribution in [1.29, 1.82) is 0 Å². The third-order valence-electron chi connectivity index (χ3n) is 3.20. The zero-order valence-electron chi connectivity index (χ0n) is 12.7. The second kappa shape index (κ2) is 8.29. The van der Waals surface area contributed by atoms with Crippen LogP contribution in [0.1, 0.15) is 32.8 Å². The Morgan fingerprint density at radius 3 is 2.33 bits per heavy atom. The first-order valence-electron chi connectivity index (χ1n) is 7.10. The smallest absolute Gasteiger partial charge is 0.407 e. The SMILES string of the molecule is CC(C)C[C@@H](C(=O)O)[C@@H](C)NC(=O)OCc1ccccc1. The standard InChI is InChI=1S/C16H23NO4/c1-11(2)9-14(15(18)19)12(3)17-16(20)21-10-13-7-5-4-6-8-13/h4-8,11-12,14H,9-10H2,1-3H3,(H,17,20)(H,18,19)/t12-,14-/m1/s1. The molecule has 0 aliphatic heterocycles. The minimum atomic E-state index is -0.903. The van der Waals surface area contributed by atoms with E-state index in [0.717, 1.165) is 5.56 Å². The Kier molecular flexibility index (Phi) is 6.72. The van der Waals surface area contributed by atoms with Crippen molar-refractivity contribution in [2.75, 3.05) is 0 Å². The Morgan fingerprint density at radius 2 is 1.81 bits per heavy atom. The number of rotatable bonds is 7. The number of carbonyl (C=O) groups is 2. The Morgan fingerprint density at radius 1 is 1.19 bits per heavy atom. The number of amides is 1. The Labute approximate surface area is 125 Å². The van der Waals surface area contributed by atoms with Crippen LogP contribution in [0, 0.1) is 11.8 Å². The summed E-state index contributed by atoms with van der Waals surface area (Å²) in [6.45, 7) is 5.76. The molecule has 0 heterocycles. The molecule has 2 atom stereocenters. The van der Waals surface area contributed by atoms with E-state index in [-0.39, 0.29) is 12.5 Å². The largest absolute Gasteiger partial charge is 0.481 e. The third kappa shape index (κ3) is 6.29. The van der Waals surface area contributed by atoms with Gasteiger partial charge in [-0.2, -0.15) is 0 Å². The highest BCUT2D eigenvalue weighted by Crippen LogP contribution is 2.16. The maximum atomic E-state index is 11.7. The van der Waals surface area contributed by atoms with Crippen molar-refractivity contribution in [2.45, 2.75) is 39.8 Å². The van der Waals surface area contributed by atoms with Crippen molar-refractivity contribution in [1.82, 2.24) is 5.32 Å². The van der Waals surface area contributed by atoms with Gasteiger partial charge >= 0.3 is 12.1 Å². The van der Waals surface area contributed by atoms with E-state index >= 15 is 0 Å². The molecule has 0 aromatic heterocycles. The lowest BCUT2D eigenvalue weighted by Gasteiger charge is -2.22. The van der Waals surface area contributed by atoms with E-state index in [2.05, 4.69) is 5.32 Å². The second-order valence-corrected chi connectivity index (χ2v) is 5.57. The molecule has 0 saturated heterocycles. The van der Waals surface area contributed by atoms with E-state index in [1.54, 1.807) is 6.92 Å². The van der Waals surface area contributed by atoms with E-state index in [0.29, 0.717) is 6.42 Å². The Bertz CT molecular complexity index is 459. The zero-order valence-corrected chi connectivity index (χ0v) is 12.7.